The Kier molecular flexibility index (Phi) is 6.80. The highest BCUT2D eigenvalue weighted by molar-refractivity contribution is 5.82. The van der Waals surface area contributed by atoms with Gasteiger partial charge in [0.2, 0.25) is 0 Å². The fourth-order valence-corrected chi connectivity index (χ4v) is 1.35. The average molecular weight is 245 g/mol. The van der Waals surface area contributed by atoms with Gasteiger partial charge in [0.1, 0.15) is 6.04 Å². The van der Waals surface area contributed by atoms with E-state index in [1.165, 1.54) is 0 Å². The van der Waals surface area contributed by atoms with Crippen molar-refractivity contribution in [3.05, 3.63) is 0 Å². The highest BCUT2D eigenvalue weighted by atomic mass is 16.5. The number of esters is 2. The second-order valence-corrected chi connectivity index (χ2v) is 4.71. The van der Waals surface area contributed by atoms with E-state index in [1.54, 1.807) is 13.8 Å². The third-order valence-corrected chi connectivity index (χ3v) is 1.85. The van der Waals surface area contributed by atoms with E-state index in [9.17, 15) is 9.59 Å². The average Bonchev–Trinajstić information content (AvgIpc) is 2.15. The molecule has 0 unspecified atom stereocenters. The highest BCUT2D eigenvalue weighted by Crippen LogP contribution is 2.06. The molecule has 0 aliphatic heterocycles. The normalized spacial score (nSPS) is 13.0. The van der Waals surface area contributed by atoms with Crippen LogP contribution in [0.3, 0.4) is 0 Å². The molecule has 0 amide bonds. The summed E-state index contributed by atoms with van der Waals surface area (Å²) < 4.78 is 9.75. The van der Waals surface area contributed by atoms with E-state index in [1.807, 2.05) is 20.8 Å². The summed E-state index contributed by atoms with van der Waals surface area (Å²) >= 11 is 0. The van der Waals surface area contributed by atoms with Gasteiger partial charge in [-0.05, 0) is 34.6 Å². The zero-order chi connectivity index (χ0) is 13.5. The van der Waals surface area contributed by atoms with Crippen molar-refractivity contribution < 1.29 is 19.1 Å². The molecule has 0 bridgehead atoms. The molecule has 0 radical (unpaired) electrons. The number of nitrogens with one attached hydrogen (secondary N) is 1. The third-order valence-electron chi connectivity index (χ3n) is 1.85. The molecule has 5 heteroatoms. The van der Waals surface area contributed by atoms with Crippen LogP contribution in [-0.2, 0) is 19.1 Å². The molecule has 5 nitrogen and oxygen atoms in total. The summed E-state index contributed by atoms with van der Waals surface area (Å²) in [6.45, 7) is 9.83. The molecule has 100 valence electrons. The monoisotopic (exact) mass is 245 g/mol. The molecule has 0 fully saturated rings. The first-order chi connectivity index (χ1) is 7.80. The van der Waals surface area contributed by atoms with Crippen LogP contribution in [0.1, 0.15) is 41.0 Å². The third kappa shape index (κ3) is 7.74. The van der Waals surface area contributed by atoms with Crippen LogP contribution in [-0.4, -0.2) is 36.7 Å². The van der Waals surface area contributed by atoms with Gasteiger partial charge in [0.05, 0.1) is 19.6 Å². The van der Waals surface area contributed by atoms with Crippen molar-refractivity contribution in [1.82, 2.24) is 5.32 Å². The molecule has 0 saturated heterocycles. The van der Waals surface area contributed by atoms with E-state index < -0.39 is 18.0 Å². The molecule has 1 atom stereocenters. The van der Waals surface area contributed by atoms with E-state index in [0.717, 1.165) is 0 Å². The van der Waals surface area contributed by atoms with Crippen LogP contribution < -0.4 is 5.32 Å². The molecule has 0 aromatic rings. The molecule has 0 rings (SSSR count). The Hall–Kier alpha value is -1.10. The molecule has 0 aliphatic rings. The summed E-state index contributed by atoms with van der Waals surface area (Å²) in [5.74, 6) is -0.821. The Morgan fingerprint density at radius 3 is 2.06 bits per heavy atom. The standard InChI is InChI=1S/C12H23NO4/c1-6-16-10(14)8-9(11(15)17-7-2)13-12(3,4)5/h9,13H,6-8H2,1-5H3/t9-/m1/s1. The first-order valence-electron chi connectivity index (χ1n) is 5.90. The van der Waals surface area contributed by atoms with Gasteiger partial charge < -0.3 is 9.47 Å². The highest BCUT2D eigenvalue weighted by Gasteiger charge is 2.27. The largest absolute Gasteiger partial charge is 0.466 e. The summed E-state index contributed by atoms with van der Waals surface area (Å²) in [6.07, 6.45) is -0.00998. The molecule has 0 spiro atoms. The zero-order valence-electron chi connectivity index (χ0n) is 11.3. The fraction of sp³-hybridized carbons (Fsp3) is 0.833. The van der Waals surface area contributed by atoms with Crippen molar-refractivity contribution in [1.29, 1.82) is 0 Å². The van der Waals surface area contributed by atoms with Gasteiger partial charge in [-0.3, -0.25) is 14.9 Å². The smallest absolute Gasteiger partial charge is 0.323 e. The van der Waals surface area contributed by atoms with Crippen LogP contribution in [0, 0.1) is 0 Å². The minimum Gasteiger partial charge on any atom is -0.466 e. The molecule has 0 aromatic carbocycles. The van der Waals surface area contributed by atoms with Crippen molar-refractivity contribution in [3.63, 3.8) is 0 Å². The second-order valence-electron chi connectivity index (χ2n) is 4.71. The number of ether oxygens (including phenoxy) is 2. The Balaban J connectivity index is 4.50. The fourth-order valence-electron chi connectivity index (χ4n) is 1.35. The number of hydrogen-bond acceptors (Lipinski definition) is 5. The van der Waals surface area contributed by atoms with Gasteiger partial charge in [-0.2, -0.15) is 0 Å². The predicted octanol–water partition coefficient (Wildman–Crippen LogP) is 1.26. The summed E-state index contributed by atoms with van der Waals surface area (Å²) in [5.41, 5.74) is -0.274. The number of carbonyl (C=O) groups is 2. The van der Waals surface area contributed by atoms with E-state index in [0.29, 0.717) is 13.2 Å². The lowest BCUT2D eigenvalue weighted by atomic mass is 10.1. The SMILES string of the molecule is CCOC(=O)C[C@@H](NC(C)(C)C)C(=O)OCC. The lowest BCUT2D eigenvalue weighted by Crippen LogP contribution is -2.49. The maximum absolute atomic E-state index is 11.7. The van der Waals surface area contributed by atoms with Crippen LogP contribution in [0.4, 0.5) is 0 Å². The van der Waals surface area contributed by atoms with Crippen molar-refractivity contribution in [2.45, 2.75) is 52.6 Å². The topological polar surface area (TPSA) is 64.6 Å². The maximum Gasteiger partial charge on any atom is 0.323 e. The van der Waals surface area contributed by atoms with Gasteiger partial charge in [0, 0.05) is 5.54 Å². The van der Waals surface area contributed by atoms with Crippen molar-refractivity contribution >= 4 is 11.9 Å². The van der Waals surface area contributed by atoms with Crippen molar-refractivity contribution in [2.75, 3.05) is 13.2 Å². The van der Waals surface area contributed by atoms with E-state index in [4.69, 9.17) is 9.47 Å². The Bertz CT molecular complexity index is 258. The van der Waals surface area contributed by atoms with Crippen LogP contribution in [0.5, 0.6) is 0 Å². The predicted molar refractivity (Wildman–Crippen MR) is 64.6 cm³/mol. The minimum atomic E-state index is -0.658. The molecule has 1 N–H and O–H groups in total. The molecule has 0 heterocycles. The molecule has 0 saturated carbocycles. The Labute approximate surface area is 103 Å². The van der Waals surface area contributed by atoms with E-state index in [2.05, 4.69) is 5.32 Å². The quantitative estimate of drug-likeness (QED) is 0.714. The summed E-state index contributed by atoms with van der Waals surface area (Å²) in [6, 6.07) is -0.658. The second kappa shape index (κ2) is 7.27. The number of carbonyl (C=O) groups excluding carboxylic acids is 2. The van der Waals surface area contributed by atoms with Gasteiger partial charge >= 0.3 is 11.9 Å². The Morgan fingerprint density at radius 1 is 1.12 bits per heavy atom. The maximum atomic E-state index is 11.7. The van der Waals surface area contributed by atoms with Gasteiger partial charge in [-0.25, -0.2) is 0 Å². The zero-order valence-corrected chi connectivity index (χ0v) is 11.3. The summed E-state index contributed by atoms with van der Waals surface area (Å²) in [4.78, 5) is 23.0. The van der Waals surface area contributed by atoms with Crippen LogP contribution in [0.2, 0.25) is 0 Å². The summed E-state index contributed by atoms with van der Waals surface area (Å²) in [7, 11) is 0. The van der Waals surface area contributed by atoms with Crippen LogP contribution in [0.15, 0.2) is 0 Å². The van der Waals surface area contributed by atoms with Gasteiger partial charge in [0.15, 0.2) is 0 Å². The molecule has 17 heavy (non-hydrogen) atoms. The first kappa shape index (κ1) is 15.9. The van der Waals surface area contributed by atoms with Crippen LogP contribution >= 0.6 is 0 Å². The van der Waals surface area contributed by atoms with Crippen molar-refractivity contribution in [3.8, 4) is 0 Å². The van der Waals surface area contributed by atoms with Gasteiger partial charge in [0.25, 0.3) is 0 Å². The van der Waals surface area contributed by atoms with Crippen molar-refractivity contribution in [2.24, 2.45) is 0 Å². The lowest BCUT2D eigenvalue weighted by Gasteiger charge is -2.26. The molecule has 0 aliphatic carbocycles. The molecular weight excluding hydrogens is 222 g/mol. The number of rotatable bonds is 6. The minimum absolute atomic E-state index is 0.00998. The summed E-state index contributed by atoms with van der Waals surface area (Å²) in [5, 5.41) is 3.05. The van der Waals surface area contributed by atoms with Crippen LogP contribution in [0.25, 0.3) is 0 Å². The molecule has 0 aromatic heterocycles. The number of hydrogen-bond donors (Lipinski definition) is 1. The first-order valence-corrected chi connectivity index (χ1v) is 5.90. The van der Waals surface area contributed by atoms with Gasteiger partial charge in [-0.15, -0.1) is 0 Å². The molecular formula is C12H23NO4. The lowest BCUT2D eigenvalue weighted by molar-refractivity contribution is -0.152. The van der Waals surface area contributed by atoms with Gasteiger partial charge in [-0.1, -0.05) is 0 Å². The van der Waals surface area contributed by atoms with E-state index >= 15 is 0 Å². The Morgan fingerprint density at radius 2 is 1.65 bits per heavy atom. The van der Waals surface area contributed by atoms with E-state index in [-0.39, 0.29) is 12.0 Å².